The number of aromatic nitrogens is 3. The summed E-state index contributed by atoms with van der Waals surface area (Å²) in [5.41, 5.74) is 6.51. The molecule has 5 nitrogen and oxygen atoms in total. The molecule has 0 amide bonds. The van der Waals surface area contributed by atoms with Gasteiger partial charge in [-0.2, -0.15) is 5.10 Å². The van der Waals surface area contributed by atoms with Gasteiger partial charge in [0.15, 0.2) is 11.6 Å². The predicted molar refractivity (Wildman–Crippen MR) is 65.7 cm³/mol. The molecule has 0 aliphatic carbocycles. The molecule has 0 atom stereocenters. The first kappa shape index (κ1) is 11.6. The second kappa shape index (κ2) is 4.97. The molecule has 0 aliphatic rings. The number of rotatable bonds is 4. The van der Waals surface area contributed by atoms with E-state index in [2.05, 4.69) is 10.1 Å². The van der Waals surface area contributed by atoms with E-state index < -0.39 is 0 Å². The van der Waals surface area contributed by atoms with Crippen LogP contribution in [0.2, 0.25) is 0 Å². The fourth-order valence-corrected chi connectivity index (χ4v) is 1.66. The second-order valence-electron chi connectivity index (χ2n) is 3.74. The molecule has 1 aromatic heterocycles. The van der Waals surface area contributed by atoms with Crippen LogP contribution < -0.4 is 10.5 Å². The molecular formula is C12H16N4O. The number of benzene rings is 1. The standard InChI is InChI=1S/C12H16N4O/c1-16-12(14-11(15-16)7-8-13)9-3-5-10(17-2)6-4-9/h3-6H,7-8,13H2,1-2H3. The molecule has 2 rings (SSSR count). The summed E-state index contributed by atoms with van der Waals surface area (Å²) in [5.74, 6) is 2.45. The number of hydrogen-bond acceptors (Lipinski definition) is 4. The summed E-state index contributed by atoms with van der Waals surface area (Å²) >= 11 is 0. The van der Waals surface area contributed by atoms with Gasteiger partial charge in [0.1, 0.15) is 5.75 Å². The lowest BCUT2D eigenvalue weighted by molar-refractivity contribution is 0.415. The van der Waals surface area contributed by atoms with Crippen molar-refractivity contribution in [3.63, 3.8) is 0 Å². The largest absolute Gasteiger partial charge is 0.497 e. The zero-order valence-corrected chi connectivity index (χ0v) is 10.1. The van der Waals surface area contributed by atoms with Crippen LogP contribution in [0.5, 0.6) is 5.75 Å². The Labute approximate surface area is 100 Å². The van der Waals surface area contributed by atoms with Gasteiger partial charge in [-0.1, -0.05) is 0 Å². The molecule has 2 aromatic rings. The van der Waals surface area contributed by atoms with E-state index in [1.54, 1.807) is 11.8 Å². The van der Waals surface area contributed by atoms with Gasteiger partial charge in [0.05, 0.1) is 7.11 Å². The third-order valence-corrected chi connectivity index (χ3v) is 2.52. The highest BCUT2D eigenvalue weighted by molar-refractivity contribution is 5.56. The molecule has 0 bridgehead atoms. The van der Waals surface area contributed by atoms with Crippen LogP contribution in [-0.2, 0) is 13.5 Å². The minimum absolute atomic E-state index is 0.562. The Kier molecular flexibility index (Phi) is 3.39. The Balaban J connectivity index is 2.31. The molecular weight excluding hydrogens is 216 g/mol. The van der Waals surface area contributed by atoms with E-state index in [-0.39, 0.29) is 0 Å². The average Bonchev–Trinajstić information content (AvgIpc) is 2.71. The average molecular weight is 232 g/mol. The molecule has 0 saturated heterocycles. The molecule has 0 radical (unpaired) electrons. The topological polar surface area (TPSA) is 66.0 Å². The first-order valence-corrected chi connectivity index (χ1v) is 5.49. The van der Waals surface area contributed by atoms with Gasteiger partial charge in [-0.3, -0.25) is 0 Å². The molecule has 17 heavy (non-hydrogen) atoms. The fourth-order valence-electron chi connectivity index (χ4n) is 1.66. The Morgan fingerprint density at radius 3 is 2.59 bits per heavy atom. The van der Waals surface area contributed by atoms with E-state index in [1.165, 1.54) is 0 Å². The molecule has 5 heteroatoms. The second-order valence-corrected chi connectivity index (χ2v) is 3.74. The van der Waals surface area contributed by atoms with Crippen LogP contribution in [-0.4, -0.2) is 28.4 Å². The van der Waals surface area contributed by atoms with Gasteiger partial charge in [-0.15, -0.1) is 0 Å². The third kappa shape index (κ3) is 2.45. The summed E-state index contributed by atoms with van der Waals surface area (Å²) in [6.45, 7) is 0.562. The molecule has 2 N–H and O–H groups in total. The molecule has 1 aromatic carbocycles. The van der Waals surface area contributed by atoms with Gasteiger partial charge in [0, 0.05) is 19.0 Å². The molecule has 0 fully saturated rings. The van der Waals surface area contributed by atoms with Crippen molar-refractivity contribution in [2.45, 2.75) is 6.42 Å². The van der Waals surface area contributed by atoms with Crippen molar-refractivity contribution in [3.8, 4) is 17.1 Å². The molecule has 0 spiro atoms. The lowest BCUT2D eigenvalue weighted by atomic mass is 10.2. The third-order valence-electron chi connectivity index (χ3n) is 2.52. The number of aryl methyl sites for hydroxylation is 1. The summed E-state index contributed by atoms with van der Waals surface area (Å²) in [7, 11) is 3.53. The van der Waals surface area contributed by atoms with Crippen molar-refractivity contribution in [1.82, 2.24) is 14.8 Å². The lowest BCUT2D eigenvalue weighted by Gasteiger charge is -2.02. The molecule has 0 aliphatic heterocycles. The first-order valence-electron chi connectivity index (χ1n) is 5.49. The smallest absolute Gasteiger partial charge is 0.158 e. The van der Waals surface area contributed by atoms with Crippen molar-refractivity contribution in [1.29, 1.82) is 0 Å². The Morgan fingerprint density at radius 2 is 2.00 bits per heavy atom. The van der Waals surface area contributed by atoms with E-state index >= 15 is 0 Å². The maximum atomic E-state index is 5.49. The highest BCUT2D eigenvalue weighted by Crippen LogP contribution is 2.20. The summed E-state index contributed by atoms with van der Waals surface area (Å²) in [6, 6.07) is 7.75. The van der Waals surface area contributed by atoms with Crippen molar-refractivity contribution < 1.29 is 4.74 Å². The van der Waals surface area contributed by atoms with E-state index in [0.29, 0.717) is 13.0 Å². The van der Waals surface area contributed by atoms with Crippen LogP contribution in [0, 0.1) is 0 Å². The molecule has 90 valence electrons. The number of ether oxygens (including phenoxy) is 1. The van der Waals surface area contributed by atoms with Gasteiger partial charge in [-0.05, 0) is 30.8 Å². The number of hydrogen-bond donors (Lipinski definition) is 1. The Morgan fingerprint density at radius 1 is 1.29 bits per heavy atom. The van der Waals surface area contributed by atoms with E-state index in [1.807, 2.05) is 31.3 Å². The summed E-state index contributed by atoms with van der Waals surface area (Å²) < 4.78 is 6.89. The minimum atomic E-state index is 0.562. The zero-order valence-electron chi connectivity index (χ0n) is 10.1. The Bertz CT molecular complexity index is 490. The van der Waals surface area contributed by atoms with E-state index in [4.69, 9.17) is 10.5 Å². The van der Waals surface area contributed by atoms with Crippen molar-refractivity contribution in [2.75, 3.05) is 13.7 Å². The molecule has 1 heterocycles. The Hall–Kier alpha value is -1.88. The van der Waals surface area contributed by atoms with Gasteiger partial charge < -0.3 is 10.5 Å². The number of nitrogens with two attached hydrogens (primary N) is 1. The quantitative estimate of drug-likeness (QED) is 0.853. The van der Waals surface area contributed by atoms with Gasteiger partial charge in [-0.25, -0.2) is 9.67 Å². The zero-order chi connectivity index (χ0) is 12.3. The summed E-state index contributed by atoms with van der Waals surface area (Å²) in [4.78, 5) is 4.46. The van der Waals surface area contributed by atoms with Gasteiger partial charge >= 0.3 is 0 Å². The van der Waals surface area contributed by atoms with Crippen molar-refractivity contribution >= 4 is 0 Å². The molecule has 0 saturated carbocycles. The van der Waals surface area contributed by atoms with Crippen LogP contribution >= 0.6 is 0 Å². The maximum Gasteiger partial charge on any atom is 0.158 e. The first-order chi connectivity index (χ1) is 8.24. The predicted octanol–water partition coefficient (Wildman–Crippen LogP) is 0.992. The van der Waals surface area contributed by atoms with Gasteiger partial charge in [0.2, 0.25) is 0 Å². The lowest BCUT2D eigenvalue weighted by Crippen LogP contribution is -2.04. The SMILES string of the molecule is COc1ccc(-c2nc(CCN)nn2C)cc1. The molecule has 0 unspecified atom stereocenters. The maximum absolute atomic E-state index is 5.49. The minimum Gasteiger partial charge on any atom is -0.497 e. The summed E-state index contributed by atoms with van der Waals surface area (Å²) in [6.07, 6.45) is 0.698. The van der Waals surface area contributed by atoms with Crippen LogP contribution in [0.1, 0.15) is 5.82 Å². The van der Waals surface area contributed by atoms with E-state index in [9.17, 15) is 0 Å². The van der Waals surface area contributed by atoms with E-state index in [0.717, 1.165) is 23.0 Å². The van der Waals surface area contributed by atoms with Crippen LogP contribution in [0.25, 0.3) is 11.4 Å². The highest BCUT2D eigenvalue weighted by atomic mass is 16.5. The highest BCUT2D eigenvalue weighted by Gasteiger charge is 2.08. The number of nitrogens with zero attached hydrogens (tertiary/aromatic N) is 3. The fraction of sp³-hybridized carbons (Fsp3) is 0.333. The van der Waals surface area contributed by atoms with Crippen molar-refractivity contribution in [3.05, 3.63) is 30.1 Å². The van der Waals surface area contributed by atoms with Gasteiger partial charge in [0.25, 0.3) is 0 Å². The van der Waals surface area contributed by atoms with Crippen molar-refractivity contribution in [2.24, 2.45) is 12.8 Å². The van der Waals surface area contributed by atoms with Crippen LogP contribution in [0.4, 0.5) is 0 Å². The normalized spacial score (nSPS) is 10.5. The van der Waals surface area contributed by atoms with Crippen LogP contribution in [0.3, 0.4) is 0 Å². The van der Waals surface area contributed by atoms with Crippen LogP contribution in [0.15, 0.2) is 24.3 Å². The summed E-state index contributed by atoms with van der Waals surface area (Å²) in [5, 5.41) is 4.31. The monoisotopic (exact) mass is 232 g/mol. The number of methoxy groups -OCH3 is 1.